The molecular formula is C21H22N2O2. The summed E-state index contributed by atoms with van der Waals surface area (Å²) < 4.78 is 7.78. The molecule has 128 valence electrons. The first-order chi connectivity index (χ1) is 12.3. The van der Waals surface area contributed by atoms with Crippen LogP contribution in [-0.4, -0.2) is 28.9 Å². The highest BCUT2D eigenvalue weighted by Gasteiger charge is 2.08. The molecule has 1 unspecified atom stereocenters. The quantitative estimate of drug-likeness (QED) is 0.675. The van der Waals surface area contributed by atoms with E-state index in [1.807, 2.05) is 71.4 Å². The Morgan fingerprint density at radius 2 is 1.88 bits per heavy atom. The fourth-order valence-electron chi connectivity index (χ4n) is 2.71. The topological polar surface area (TPSA) is 46.8 Å². The first-order valence-corrected chi connectivity index (χ1v) is 8.33. The van der Waals surface area contributed by atoms with Gasteiger partial charge in [0, 0.05) is 11.6 Å². The standard InChI is InChI=1S/C21H22N2O2/c1-2-13-22-21-12-5-6-14-23(21)15-18(24)16-25-20-11-7-9-17-8-3-4-10-19(17)20/h2-12,14,18,24H,1,13,15-16H2. The molecule has 1 atom stereocenters. The number of benzene rings is 2. The third-order valence-electron chi connectivity index (χ3n) is 3.89. The lowest BCUT2D eigenvalue weighted by atomic mass is 10.1. The minimum absolute atomic E-state index is 0.219. The van der Waals surface area contributed by atoms with Crippen LogP contribution in [0.15, 0.2) is 84.5 Å². The number of fused-ring (bicyclic) bond motifs is 1. The van der Waals surface area contributed by atoms with Gasteiger partial charge in [-0.1, -0.05) is 48.5 Å². The Balaban J connectivity index is 1.69. The summed E-state index contributed by atoms with van der Waals surface area (Å²) in [7, 11) is 0. The van der Waals surface area contributed by atoms with Crippen LogP contribution in [0, 0.1) is 0 Å². The van der Waals surface area contributed by atoms with Gasteiger partial charge in [0.1, 0.15) is 23.9 Å². The number of aliphatic hydroxyl groups is 1. The second kappa shape index (κ2) is 8.31. The highest BCUT2D eigenvalue weighted by molar-refractivity contribution is 5.88. The van der Waals surface area contributed by atoms with Crippen molar-refractivity contribution in [1.82, 2.24) is 4.57 Å². The summed E-state index contributed by atoms with van der Waals surface area (Å²) in [5, 5.41) is 12.5. The molecule has 0 radical (unpaired) electrons. The maximum Gasteiger partial charge on any atom is 0.127 e. The van der Waals surface area contributed by atoms with Crippen molar-refractivity contribution < 1.29 is 9.84 Å². The molecule has 0 amide bonds. The molecule has 0 aliphatic rings. The number of ether oxygens (including phenoxy) is 1. The van der Waals surface area contributed by atoms with Crippen LogP contribution in [0.1, 0.15) is 0 Å². The second-order valence-corrected chi connectivity index (χ2v) is 5.78. The van der Waals surface area contributed by atoms with Crippen molar-refractivity contribution >= 4 is 10.8 Å². The Hall–Kier alpha value is -2.85. The van der Waals surface area contributed by atoms with Gasteiger partial charge in [-0.2, -0.15) is 0 Å². The number of aromatic nitrogens is 1. The van der Waals surface area contributed by atoms with Crippen molar-refractivity contribution in [3.05, 3.63) is 85.0 Å². The van der Waals surface area contributed by atoms with Gasteiger partial charge in [0.05, 0.1) is 13.1 Å². The third kappa shape index (κ3) is 4.37. The summed E-state index contributed by atoms with van der Waals surface area (Å²) in [6.07, 6.45) is 3.02. The SMILES string of the molecule is C=CCN=c1ccccn1CC(O)COc1cccc2ccccc12. The fraction of sp³-hybridized carbons (Fsp3) is 0.190. The van der Waals surface area contributed by atoms with Gasteiger partial charge in [-0.3, -0.25) is 4.99 Å². The van der Waals surface area contributed by atoms with Gasteiger partial charge in [-0.15, -0.1) is 6.58 Å². The van der Waals surface area contributed by atoms with Crippen molar-refractivity contribution in [3.63, 3.8) is 0 Å². The Labute approximate surface area is 147 Å². The molecule has 0 bridgehead atoms. The zero-order chi connectivity index (χ0) is 17.5. The summed E-state index contributed by atoms with van der Waals surface area (Å²) in [4.78, 5) is 4.43. The lowest BCUT2D eigenvalue weighted by Crippen LogP contribution is -2.30. The van der Waals surface area contributed by atoms with E-state index in [0.29, 0.717) is 13.1 Å². The van der Waals surface area contributed by atoms with Crippen molar-refractivity contribution in [1.29, 1.82) is 0 Å². The summed E-state index contributed by atoms with van der Waals surface area (Å²) in [5.74, 6) is 0.784. The molecule has 0 saturated carbocycles. The summed E-state index contributed by atoms with van der Waals surface area (Å²) >= 11 is 0. The van der Waals surface area contributed by atoms with E-state index >= 15 is 0 Å². The second-order valence-electron chi connectivity index (χ2n) is 5.78. The van der Waals surface area contributed by atoms with Crippen molar-refractivity contribution in [2.45, 2.75) is 12.6 Å². The average Bonchev–Trinajstić information content (AvgIpc) is 2.65. The normalized spacial score (nSPS) is 12.9. The zero-order valence-corrected chi connectivity index (χ0v) is 14.1. The molecule has 0 fully saturated rings. The monoisotopic (exact) mass is 334 g/mol. The smallest absolute Gasteiger partial charge is 0.127 e. The Morgan fingerprint density at radius 3 is 2.76 bits per heavy atom. The number of hydrogen-bond donors (Lipinski definition) is 1. The lowest BCUT2D eigenvalue weighted by Gasteiger charge is -2.16. The summed E-state index contributed by atoms with van der Waals surface area (Å²) in [5.41, 5.74) is 0.812. The van der Waals surface area contributed by atoms with Gasteiger partial charge in [0.15, 0.2) is 0 Å². The van der Waals surface area contributed by atoms with Crippen LogP contribution in [0.3, 0.4) is 0 Å². The van der Waals surface area contributed by atoms with Crippen LogP contribution in [0.4, 0.5) is 0 Å². The average molecular weight is 334 g/mol. The number of nitrogens with zero attached hydrogens (tertiary/aromatic N) is 2. The molecule has 2 aromatic carbocycles. The van der Waals surface area contributed by atoms with Crippen LogP contribution in [0.2, 0.25) is 0 Å². The van der Waals surface area contributed by atoms with E-state index in [1.54, 1.807) is 6.08 Å². The maximum atomic E-state index is 10.4. The zero-order valence-electron chi connectivity index (χ0n) is 14.1. The van der Waals surface area contributed by atoms with E-state index in [1.165, 1.54) is 0 Å². The first kappa shape index (κ1) is 17.0. The van der Waals surface area contributed by atoms with Gasteiger partial charge in [-0.25, -0.2) is 0 Å². The lowest BCUT2D eigenvalue weighted by molar-refractivity contribution is 0.0921. The van der Waals surface area contributed by atoms with E-state index in [9.17, 15) is 5.11 Å². The molecule has 1 N–H and O–H groups in total. The van der Waals surface area contributed by atoms with E-state index < -0.39 is 6.10 Å². The number of hydrogen-bond acceptors (Lipinski definition) is 3. The Morgan fingerprint density at radius 1 is 1.08 bits per heavy atom. The highest BCUT2D eigenvalue weighted by atomic mass is 16.5. The number of aliphatic hydroxyl groups excluding tert-OH is 1. The van der Waals surface area contributed by atoms with Gasteiger partial charge in [0.2, 0.25) is 0 Å². The maximum absolute atomic E-state index is 10.4. The largest absolute Gasteiger partial charge is 0.490 e. The van der Waals surface area contributed by atoms with Crippen LogP contribution in [-0.2, 0) is 6.54 Å². The summed E-state index contributed by atoms with van der Waals surface area (Å²) in [6, 6.07) is 19.8. The molecule has 1 heterocycles. The molecular weight excluding hydrogens is 312 g/mol. The van der Waals surface area contributed by atoms with Crippen LogP contribution < -0.4 is 10.2 Å². The Kier molecular flexibility index (Phi) is 5.65. The van der Waals surface area contributed by atoms with Crippen LogP contribution in [0.25, 0.3) is 10.8 Å². The molecule has 4 heteroatoms. The minimum atomic E-state index is -0.635. The number of rotatable bonds is 7. The minimum Gasteiger partial charge on any atom is -0.490 e. The highest BCUT2D eigenvalue weighted by Crippen LogP contribution is 2.25. The van der Waals surface area contributed by atoms with Crippen molar-refractivity contribution in [2.24, 2.45) is 4.99 Å². The first-order valence-electron chi connectivity index (χ1n) is 8.33. The molecule has 3 aromatic rings. The van der Waals surface area contributed by atoms with E-state index in [0.717, 1.165) is 22.0 Å². The van der Waals surface area contributed by atoms with Gasteiger partial charge in [0.25, 0.3) is 0 Å². The molecule has 25 heavy (non-hydrogen) atoms. The van der Waals surface area contributed by atoms with Gasteiger partial charge in [-0.05, 0) is 23.6 Å². The third-order valence-corrected chi connectivity index (χ3v) is 3.89. The van der Waals surface area contributed by atoms with Gasteiger partial charge >= 0.3 is 0 Å². The molecule has 0 spiro atoms. The molecule has 0 aliphatic carbocycles. The predicted molar refractivity (Wildman–Crippen MR) is 101 cm³/mol. The van der Waals surface area contributed by atoms with E-state index in [2.05, 4.69) is 11.6 Å². The summed E-state index contributed by atoms with van der Waals surface area (Å²) in [6.45, 7) is 4.87. The molecule has 0 saturated heterocycles. The van der Waals surface area contributed by atoms with Crippen LogP contribution >= 0.6 is 0 Å². The van der Waals surface area contributed by atoms with Gasteiger partial charge < -0.3 is 14.4 Å². The van der Waals surface area contributed by atoms with Crippen molar-refractivity contribution in [3.8, 4) is 5.75 Å². The molecule has 1 aromatic heterocycles. The van der Waals surface area contributed by atoms with Crippen LogP contribution in [0.5, 0.6) is 5.75 Å². The van der Waals surface area contributed by atoms with E-state index in [4.69, 9.17) is 4.74 Å². The Bertz CT molecular complexity index is 909. The molecule has 0 aliphatic heterocycles. The number of pyridine rings is 1. The fourth-order valence-corrected chi connectivity index (χ4v) is 2.71. The van der Waals surface area contributed by atoms with Crippen molar-refractivity contribution in [2.75, 3.05) is 13.2 Å². The predicted octanol–water partition coefficient (Wildman–Crippen LogP) is 3.17. The molecule has 3 rings (SSSR count). The van der Waals surface area contributed by atoms with E-state index in [-0.39, 0.29) is 6.61 Å². The molecule has 4 nitrogen and oxygen atoms in total.